The van der Waals surface area contributed by atoms with E-state index in [1.165, 1.54) is 50.6 Å². The van der Waals surface area contributed by atoms with E-state index in [0.29, 0.717) is 11.8 Å². The number of hydrogen-bond acceptors (Lipinski definition) is 4. The van der Waals surface area contributed by atoms with E-state index in [-0.39, 0.29) is 28.2 Å². The van der Waals surface area contributed by atoms with E-state index >= 15 is 0 Å². The number of anilines is 1. The zero-order chi connectivity index (χ0) is 21.7. The molecule has 0 radical (unpaired) electrons. The first-order valence-corrected chi connectivity index (χ1v) is 13.8. The lowest BCUT2D eigenvalue weighted by atomic mass is 9.46. The van der Waals surface area contributed by atoms with E-state index in [0.717, 1.165) is 55.0 Å². The molecule has 4 atom stereocenters. The van der Waals surface area contributed by atoms with Crippen LogP contribution in [0.1, 0.15) is 89.7 Å². The lowest BCUT2D eigenvalue weighted by Gasteiger charge is -2.61. The van der Waals surface area contributed by atoms with Gasteiger partial charge in [-0.3, -0.25) is 9.59 Å². The number of nitrogens with zero attached hydrogens (tertiary/aromatic N) is 1. The fraction of sp³-hybridized carbons (Fsp3) is 0.808. The van der Waals surface area contributed by atoms with Gasteiger partial charge in [0.25, 0.3) is 0 Å². The first-order valence-electron chi connectivity index (χ1n) is 12.9. The minimum Gasteiger partial charge on any atom is -0.351 e. The highest BCUT2D eigenvalue weighted by molar-refractivity contribution is 7.14. The summed E-state index contributed by atoms with van der Waals surface area (Å²) in [7, 11) is 0. The molecule has 8 aliphatic carbocycles. The molecule has 9 rings (SSSR count). The third-order valence-electron chi connectivity index (χ3n) is 10.3. The van der Waals surface area contributed by atoms with Crippen molar-refractivity contribution in [3.05, 3.63) is 11.1 Å². The van der Waals surface area contributed by atoms with E-state index < -0.39 is 0 Å². The summed E-state index contributed by atoms with van der Waals surface area (Å²) < 4.78 is 0. The van der Waals surface area contributed by atoms with Gasteiger partial charge in [0.15, 0.2) is 5.13 Å². The second kappa shape index (κ2) is 6.58. The van der Waals surface area contributed by atoms with E-state index in [1.807, 2.05) is 0 Å². The van der Waals surface area contributed by atoms with Crippen molar-refractivity contribution >= 4 is 28.3 Å². The summed E-state index contributed by atoms with van der Waals surface area (Å²) in [6, 6.07) is 0. The summed E-state index contributed by atoms with van der Waals surface area (Å²) >= 11 is 1.63. The monoisotopic (exact) mass is 453 g/mol. The molecule has 32 heavy (non-hydrogen) atoms. The van der Waals surface area contributed by atoms with E-state index in [1.54, 1.807) is 18.3 Å². The number of carbonyl (C=O) groups excluding carboxylic acids is 2. The minimum absolute atomic E-state index is 0.0441. The van der Waals surface area contributed by atoms with Gasteiger partial charge < -0.3 is 10.6 Å². The Labute approximate surface area is 194 Å². The maximum absolute atomic E-state index is 13.7. The van der Waals surface area contributed by atoms with Crippen LogP contribution in [0.3, 0.4) is 0 Å². The summed E-state index contributed by atoms with van der Waals surface area (Å²) in [4.78, 5) is 30.7. The van der Waals surface area contributed by atoms with Gasteiger partial charge in [-0.25, -0.2) is 4.98 Å². The lowest BCUT2D eigenvalue weighted by molar-refractivity contribution is -0.148. The normalized spacial score (nSPS) is 47.6. The van der Waals surface area contributed by atoms with Crippen molar-refractivity contribution in [3.63, 3.8) is 0 Å². The number of carbonyl (C=O) groups is 2. The molecule has 8 saturated carbocycles. The fourth-order valence-electron chi connectivity index (χ4n) is 10.3. The first-order chi connectivity index (χ1) is 15.3. The molecule has 0 saturated heterocycles. The molecule has 1 aromatic rings. The van der Waals surface area contributed by atoms with Gasteiger partial charge in [0.05, 0.1) is 11.1 Å². The van der Waals surface area contributed by atoms with E-state index in [2.05, 4.69) is 16.0 Å². The number of rotatable bonds is 4. The zero-order valence-electron chi connectivity index (χ0n) is 19.1. The quantitative estimate of drug-likeness (QED) is 0.672. The maximum atomic E-state index is 13.7. The van der Waals surface area contributed by atoms with Gasteiger partial charge in [-0.05, 0) is 107 Å². The molecule has 1 heterocycles. The highest BCUT2D eigenvalue weighted by atomic mass is 32.1. The standard InChI is InChI=1S/C26H35N3O2S/c1-15(30)29-26-11-19-5-20(12-26)10-25(9-19,14-26)22(31)28-23-27-21(13-32-23)24-6-16-2-17(7-24)4-18(3-16)8-24/h13,16-20H,2-12,14H2,1H3,(H,29,30)(H,27,28,31)/t16?,17?,18?,19-,20+,24?,25?,26?. The van der Waals surface area contributed by atoms with Crippen LogP contribution in [0, 0.1) is 35.0 Å². The second-order valence-corrected chi connectivity index (χ2v) is 13.8. The topological polar surface area (TPSA) is 71.1 Å². The summed E-state index contributed by atoms with van der Waals surface area (Å²) in [5.74, 6) is 4.03. The second-order valence-electron chi connectivity index (χ2n) is 12.9. The van der Waals surface area contributed by atoms with Crippen LogP contribution in [0.25, 0.3) is 0 Å². The number of nitrogens with one attached hydrogen (secondary N) is 2. The van der Waals surface area contributed by atoms with Gasteiger partial charge in [-0.1, -0.05) is 0 Å². The van der Waals surface area contributed by atoms with Crippen LogP contribution in [-0.2, 0) is 15.0 Å². The first kappa shape index (κ1) is 20.0. The molecule has 2 N–H and O–H groups in total. The summed E-state index contributed by atoms with van der Waals surface area (Å²) in [6.45, 7) is 1.62. The Morgan fingerprint density at radius 1 is 0.906 bits per heavy atom. The molecule has 0 aliphatic heterocycles. The molecule has 6 heteroatoms. The molecule has 2 amide bonds. The predicted molar refractivity (Wildman–Crippen MR) is 124 cm³/mol. The summed E-state index contributed by atoms with van der Waals surface area (Å²) in [5, 5.41) is 9.60. The average Bonchev–Trinajstić information content (AvgIpc) is 3.14. The minimum atomic E-state index is -0.334. The maximum Gasteiger partial charge on any atom is 0.232 e. The van der Waals surface area contributed by atoms with Crippen molar-refractivity contribution in [2.24, 2.45) is 35.0 Å². The van der Waals surface area contributed by atoms with Crippen molar-refractivity contribution in [2.75, 3.05) is 5.32 Å². The van der Waals surface area contributed by atoms with Gasteiger partial charge in [0.1, 0.15) is 0 Å². The van der Waals surface area contributed by atoms with E-state index in [9.17, 15) is 9.59 Å². The average molecular weight is 454 g/mol. The Bertz CT molecular complexity index is 934. The number of amides is 2. The largest absolute Gasteiger partial charge is 0.351 e. The summed E-state index contributed by atoms with van der Waals surface area (Å²) in [6.07, 6.45) is 14.3. The highest BCUT2D eigenvalue weighted by Crippen LogP contribution is 2.63. The van der Waals surface area contributed by atoms with Crippen molar-refractivity contribution in [3.8, 4) is 0 Å². The van der Waals surface area contributed by atoms with Gasteiger partial charge in [0.2, 0.25) is 11.8 Å². The Morgan fingerprint density at radius 3 is 2.09 bits per heavy atom. The predicted octanol–water partition coefficient (Wildman–Crippen LogP) is 5.02. The molecule has 8 bridgehead atoms. The molecule has 0 aromatic carbocycles. The fourth-order valence-corrected chi connectivity index (χ4v) is 11.1. The third-order valence-corrected chi connectivity index (χ3v) is 11.0. The van der Waals surface area contributed by atoms with Crippen LogP contribution in [0.5, 0.6) is 0 Å². The molecule has 5 nitrogen and oxygen atoms in total. The van der Waals surface area contributed by atoms with Crippen LogP contribution >= 0.6 is 11.3 Å². The third kappa shape index (κ3) is 2.97. The Morgan fingerprint density at radius 2 is 1.50 bits per heavy atom. The van der Waals surface area contributed by atoms with Crippen molar-refractivity contribution in [2.45, 2.75) is 94.9 Å². The Hall–Kier alpha value is -1.43. The van der Waals surface area contributed by atoms with Crippen LogP contribution in [0.4, 0.5) is 5.13 Å². The SMILES string of the molecule is CC(=O)NC12C[C@H]3C[C@@H](C1)CC(C(=O)Nc1nc(C45CC6CC(CC(C6)C4)C5)cs1)(C3)C2. The lowest BCUT2D eigenvalue weighted by Crippen LogP contribution is -2.65. The molecule has 1 aromatic heterocycles. The van der Waals surface area contributed by atoms with Crippen molar-refractivity contribution in [1.82, 2.24) is 10.3 Å². The number of aromatic nitrogens is 1. The van der Waals surface area contributed by atoms with Gasteiger partial charge in [0, 0.05) is 23.3 Å². The van der Waals surface area contributed by atoms with Gasteiger partial charge in [-0.2, -0.15) is 0 Å². The molecular weight excluding hydrogens is 418 g/mol. The Balaban J connectivity index is 1.12. The molecule has 0 spiro atoms. The van der Waals surface area contributed by atoms with Crippen LogP contribution < -0.4 is 10.6 Å². The van der Waals surface area contributed by atoms with Crippen LogP contribution in [0.2, 0.25) is 0 Å². The smallest absolute Gasteiger partial charge is 0.232 e. The molecule has 2 unspecified atom stereocenters. The number of thiazole rings is 1. The van der Waals surface area contributed by atoms with Crippen molar-refractivity contribution in [1.29, 1.82) is 0 Å². The number of hydrogen-bond donors (Lipinski definition) is 2. The van der Waals surface area contributed by atoms with Gasteiger partial charge >= 0.3 is 0 Å². The zero-order valence-corrected chi connectivity index (χ0v) is 19.9. The molecule has 8 fully saturated rings. The van der Waals surface area contributed by atoms with Crippen LogP contribution in [0.15, 0.2) is 5.38 Å². The van der Waals surface area contributed by atoms with E-state index in [4.69, 9.17) is 4.98 Å². The van der Waals surface area contributed by atoms with Crippen LogP contribution in [-0.4, -0.2) is 22.3 Å². The molecule has 172 valence electrons. The Kier molecular flexibility index (Phi) is 4.11. The van der Waals surface area contributed by atoms with Gasteiger partial charge in [-0.15, -0.1) is 11.3 Å². The highest BCUT2D eigenvalue weighted by Gasteiger charge is 2.61. The molecular formula is C26H35N3O2S. The summed E-state index contributed by atoms with van der Waals surface area (Å²) in [5.41, 5.74) is 1.04. The molecule has 8 aliphatic rings. The van der Waals surface area contributed by atoms with Crippen molar-refractivity contribution < 1.29 is 9.59 Å².